The van der Waals surface area contributed by atoms with Gasteiger partial charge in [0.1, 0.15) is 11.7 Å². The Morgan fingerprint density at radius 1 is 1.53 bits per heavy atom. The Bertz CT molecular complexity index is 442. The number of β-lactam (4-membered cyclic amide) rings is 1. The Morgan fingerprint density at radius 2 is 2.18 bits per heavy atom. The average molecular weight is 240 g/mol. The lowest BCUT2D eigenvalue weighted by molar-refractivity contribution is -0.153. The summed E-state index contributed by atoms with van der Waals surface area (Å²) in [5.74, 6) is -2.49. The number of hydrogen-bond donors (Lipinski definition) is 2. The number of nitrogens with zero attached hydrogens (tertiary/aromatic N) is 1. The third kappa shape index (κ3) is 1.50. The molecule has 0 aromatic rings. The monoisotopic (exact) mass is 240 g/mol. The third-order valence-electron chi connectivity index (χ3n) is 3.12. The first kappa shape index (κ1) is 11.6. The molecule has 1 fully saturated rings. The molecule has 0 unspecified atom stereocenters. The molecule has 2 heterocycles. The molecule has 2 aliphatic heterocycles. The van der Waals surface area contributed by atoms with Crippen molar-refractivity contribution in [3.8, 4) is 0 Å². The quantitative estimate of drug-likeness (QED) is 0.465. The number of carboxylic acids is 1. The van der Waals surface area contributed by atoms with Crippen LogP contribution in [0.2, 0.25) is 0 Å². The number of carbonyl (C=O) groups is 3. The van der Waals surface area contributed by atoms with Crippen LogP contribution < -0.4 is 5.73 Å². The number of carboxylic acid groups (broad SMARTS) is 1. The van der Waals surface area contributed by atoms with Crippen LogP contribution in [0.1, 0.15) is 12.8 Å². The van der Waals surface area contributed by atoms with Crippen molar-refractivity contribution in [3.05, 3.63) is 11.3 Å². The smallest absolute Gasteiger partial charge is 0.353 e. The number of fused-ring (bicyclic) bond motifs is 1. The van der Waals surface area contributed by atoms with Gasteiger partial charge in [-0.05, 0) is 12.8 Å². The molecule has 1 amide bonds. The molecule has 2 rings (SSSR count). The molecule has 3 N–H and O–H groups in total. The van der Waals surface area contributed by atoms with Gasteiger partial charge in [-0.3, -0.25) is 9.69 Å². The summed E-state index contributed by atoms with van der Waals surface area (Å²) in [6.45, 7) is 0. The van der Waals surface area contributed by atoms with Crippen LogP contribution in [-0.4, -0.2) is 47.0 Å². The van der Waals surface area contributed by atoms with Gasteiger partial charge in [0, 0.05) is 0 Å². The summed E-state index contributed by atoms with van der Waals surface area (Å²) in [7, 11) is 1.17. The fourth-order valence-corrected chi connectivity index (χ4v) is 2.26. The van der Waals surface area contributed by atoms with Crippen LogP contribution in [0.3, 0.4) is 0 Å². The van der Waals surface area contributed by atoms with Gasteiger partial charge in [0.15, 0.2) is 0 Å². The van der Waals surface area contributed by atoms with Crippen molar-refractivity contribution in [1.29, 1.82) is 0 Å². The number of ether oxygens (including phenoxy) is 1. The minimum Gasteiger partial charge on any atom is -0.477 e. The summed E-state index contributed by atoms with van der Waals surface area (Å²) < 4.78 is 4.51. The lowest BCUT2D eigenvalue weighted by Crippen LogP contribution is -2.69. The van der Waals surface area contributed by atoms with Gasteiger partial charge in [-0.15, -0.1) is 0 Å². The first-order valence-electron chi connectivity index (χ1n) is 5.12. The zero-order valence-corrected chi connectivity index (χ0v) is 9.17. The van der Waals surface area contributed by atoms with Gasteiger partial charge in [-0.25, -0.2) is 9.59 Å². The highest BCUT2D eigenvalue weighted by Crippen LogP contribution is 2.36. The van der Waals surface area contributed by atoms with Gasteiger partial charge in [-0.2, -0.15) is 0 Å². The standard InChI is InChI=1S/C10H12N2O5/c1-17-10(16)4-2-3-5-6(11)8(13)12(5)7(4)9(14)15/h5-6H,2-3,11H2,1H3,(H,14,15)/t5-,6-/m0/s1. The number of aliphatic carboxylic acids is 1. The molecule has 0 aromatic heterocycles. The van der Waals surface area contributed by atoms with E-state index in [2.05, 4.69) is 4.74 Å². The van der Waals surface area contributed by atoms with Crippen molar-refractivity contribution in [2.75, 3.05) is 7.11 Å². The number of hydrogen-bond acceptors (Lipinski definition) is 5. The second-order valence-corrected chi connectivity index (χ2v) is 3.96. The Labute approximate surface area is 96.8 Å². The lowest BCUT2D eigenvalue weighted by Gasteiger charge is -2.48. The van der Waals surface area contributed by atoms with Crippen molar-refractivity contribution in [3.63, 3.8) is 0 Å². The highest BCUT2D eigenvalue weighted by molar-refractivity contribution is 6.05. The first-order chi connectivity index (χ1) is 7.99. The van der Waals surface area contributed by atoms with E-state index in [-0.39, 0.29) is 23.7 Å². The van der Waals surface area contributed by atoms with Crippen LogP contribution in [-0.2, 0) is 19.1 Å². The van der Waals surface area contributed by atoms with Crippen LogP contribution in [0, 0.1) is 0 Å². The molecule has 0 bridgehead atoms. The van der Waals surface area contributed by atoms with Crippen molar-refractivity contribution in [2.24, 2.45) is 5.73 Å². The summed E-state index contributed by atoms with van der Waals surface area (Å²) in [6.07, 6.45) is 0.741. The molecular formula is C10H12N2O5. The average Bonchev–Trinajstić information content (AvgIpc) is 2.34. The molecule has 7 nitrogen and oxygen atoms in total. The molecule has 92 valence electrons. The largest absolute Gasteiger partial charge is 0.477 e. The normalized spacial score (nSPS) is 27.4. The van der Waals surface area contributed by atoms with Gasteiger partial charge in [0.05, 0.1) is 18.7 Å². The number of esters is 1. The second kappa shape index (κ2) is 3.85. The summed E-state index contributed by atoms with van der Waals surface area (Å²) in [5.41, 5.74) is 5.30. The highest BCUT2D eigenvalue weighted by Gasteiger charge is 2.51. The fourth-order valence-electron chi connectivity index (χ4n) is 2.26. The summed E-state index contributed by atoms with van der Waals surface area (Å²) in [4.78, 5) is 35.2. The van der Waals surface area contributed by atoms with Crippen LogP contribution in [0.5, 0.6) is 0 Å². The SMILES string of the molecule is COC(=O)C1=C(C(=O)O)N2C(=O)[C@@H](N)[C@@H]2CC1. The fraction of sp³-hybridized carbons (Fsp3) is 0.500. The Hall–Kier alpha value is -1.89. The van der Waals surface area contributed by atoms with E-state index >= 15 is 0 Å². The molecule has 1 saturated heterocycles. The van der Waals surface area contributed by atoms with Gasteiger partial charge >= 0.3 is 11.9 Å². The molecule has 2 atom stereocenters. The zero-order chi connectivity index (χ0) is 12.7. The van der Waals surface area contributed by atoms with E-state index in [9.17, 15) is 14.4 Å². The lowest BCUT2D eigenvalue weighted by atomic mass is 9.84. The predicted octanol–water partition coefficient (Wildman–Crippen LogP) is -1.17. The Morgan fingerprint density at radius 3 is 2.71 bits per heavy atom. The minimum atomic E-state index is -1.31. The topological polar surface area (TPSA) is 110 Å². The van der Waals surface area contributed by atoms with Gasteiger partial charge in [-0.1, -0.05) is 0 Å². The van der Waals surface area contributed by atoms with E-state index in [1.54, 1.807) is 0 Å². The van der Waals surface area contributed by atoms with Gasteiger partial charge < -0.3 is 15.6 Å². The molecular weight excluding hydrogens is 228 g/mol. The molecule has 17 heavy (non-hydrogen) atoms. The molecule has 0 spiro atoms. The maximum atomic E-state index is 11.5. The number of methoxy groups -OCH3 is 1. The molecule has 7 heteroatoms. The van der Waals surface area contributed by atoms with Crippen LogP contribution >= 0.6 is 0 Å². The minimum absolute atomic E-state index is 0.0245. The van der Waals surface area contributed by atoms with Crippen molar-refractivity contribution in [1.82, 2.24) is 4.90 Å². The summed E-state index contributed by atoms with van der Waals surface area (Å²) >= 11 is 0. The van der Waals surface area contributed by atoms with E-state index in [0.29, 0.717) is 6.42 Å². The van der Waals surface area contributed by atoms with E-state index in [1.807, 2.05) is 0 Å². The van der Waals surface area contributed by atoms with Crippen molar-refractivity contribution >= 4 is 17.8 Å². The van der Waals surface area contributed by atoms with Gasteiger partial charge in [0.25, 0.3) is 0 Å². The maximum absolute atomic E-state index is 11.5. The predicted molar refractivity (Wildman–Crippen MR) is 54.5 cm³/mol. The number of carbonyl (C=O) groups excluding carboxylic acids is 2. The Kier molecular flexibility index (Phi) is 2.62. The summed E-state index contributed by atoms with van der Waals surface area (Å²) in [6, 6.07) is -0.981. The van der Waals surface area contributed by atoms with Crippen molar-refractivity contribution < 1.29 is 24.2 Å². The molecule has 0 saturated carbocycles. The van der Waals surface area contributed by atoms with Crippen LogP contribution in [0.4, 0.5) is 0 Å². The molecule has 0 aromatic carbocycles. The zero-order valence-electron chi connectivity index (χ0n) is 9.17. The first-order valence-corrected chi connectivity index (χ1v) is 5.12. The number of nitrogens with two attached hydrogens (primary N) is 1. The Balaban J connectivity index is 2.43. The van der Waals surface area contributed by atoms with Gasteiger partial charge in [0.2, 0.25) is 5.91 Å². The van der Waals surface area contributed by atoms with E-state index < -0.39 is 23.9 Å². The molecule has 0 radical (unpaired) electrons. The maximum Gasteiger partial charge on any atom is 0.353 e. The molecule has 2 aliphatic rings. The third-order valence-corrected chi connectivity index (χ3v) is 3.12. The number of rotatable bonds is 2. The highest BCUT2D eigenvalue weighted by atomic mass is 16.5. The van der Waals surface area contributed by atoms with E-state index in [0.717, 1.165) is 4.90 Å². The van der Waals surface area contributed by atoms with E-state index in [4.69, 9.17) is 10.8 Å². The molecule has 0 aliphatic carbocycles. The van der Waals surface area contributed by atoms with E-state index in [1.165, 1.54) is 7.11 Å². The van der Waals surface area contributed by atoms with Crippen molar-refractivity contribution in [2.45, 2.75) is 24.9 Å². The number of amides is 1. The van der Waals surface area contributed by atoms with Crippen LogP contribution in [0.25, 0.3) is 0 Å². The second-order valence-electron chi connectivity index (χ2n) is 3.96. The van der Waals surface area contributed by atoms with Crippen LogP contribution in [0.15, 0.2) is 11.3 Å². The summed E-state index contributed by atoms with van der Waals surface area (Å²) in [5, 5.41) is 9.08.